The highest BCUT2D eigenvalue weighted by Crippen LogP contribution is 2.30. The van der Waals surface area contributed by atoms with Gasteiger partial charge in [0.25, 0.3) is 11.5 Å². The minimum atomic E-state index is -0.428. The number of halogens is 1. The minimum Gasteiger partial charge on any atom is -0.366 e. The van der Waals surface area contributed by atoms with Crippen molar-refractivity contribution in [1.82, 2.24) is 9.47 Å². The fourth-order valence-corrected chi connectivity index (χ4v) is 4.31. The number of pyridine rings is 1. The summed E-state index contributed by atoms with van der Waals surface area (Å²) in [6, 6.07) is 9.84. The lowest BCUT2D eigenvalue weighted by Crippen LogP contribution is -2.49. The first-order valence-electron chi connectivity index (χ1n) is 8.81. The van der Waals surface area contributed by atoms with Crippen LogP contribution in [0.15, 0.2) is 40.5 Å². The number of hydrogen-bond donors (Lipinski definition) is 0. The molecule has 0 N–H and O–H groups in total. The summed E-state index contributed by atoms with van der Waals surface area (Å²) in [4.78, 5) is 29.5. The second-order valence-corrected chi connectivity index (χ2v) is 7.57. The van der Waals surface area contributed by atoms with Crippen LogP contribution in [0.25, 0.3) is 10.9 Å². The third-order valence-electron chi connectivity index (χ3n) is 5.06. The lowest BCUT2D eigenvalue weighted by molar-refractivity contribution is 0.0751. The normalized spacial score (nSPS) is 14.3. The smallest absolute Gasteiger partial charge is 0.270 e. The van der Waals surface area contributed by atoms with Crippen LogP contribution in [0.5, 0.6) is 0 Å². The van der Waals surface area contributed by atoms with E-state index in [-0.39, 0.29) is 11.5 Å². The molecule has 0 radical (unpaired) electrons. The monoisotopic (exact) mass is 396 g/mol. The molecule has 1 aliphatic rings. The molecule has 1 fully saturated rings. The fraction of sp³-hybridized carbons (Fsp3) is 0.250. The number of piperazine rings is 1. The summed E-state index contributed by atoms with van der Waals surface area (Å²) in [7, 11) is 1.57. The van der Waals surface area contributed by atoms with Gasteiger partial charge in [-0.3, -0.25) is 9.59 Å². The molecule has 0 bridgehead atoms. The highest BCUT2D eigenvalue weighted by atomic mass is 32.1. The van der Waals surface area contributed by atoms with Crippen LogP contribution in [-0.4, -0.2) is 41.6 Å². The van der Waals surface area contributed by atoms with Gasteiger partial charge in [0.1, 0.15) is 17.4 Å². The van der Waals surface area contributed by atoms with Crippen molar-refractivity contribution in [2.24, 2.45) is 7.05 Å². The molecule has 0 unspecified atom stereocenters. The van der Waals surface area contributed by atoms with Crippen LogP contribution in [0.4, 0.5) is 10.1 Å². The Hall–Kier alpha value is -3.18. The number of aromatic nitrogens is 1. The molecule has 3 aromatic rings. The molecule has 1 saturated heterocycles. The molecule has 0 aliphatic carbocycles. The SMILES string of the molecule is Cn1c(=O)c(C#N)c(N2CCN(C(=O)c3cccs3)CC2)c2cc(F)ccc21. The number of nitrogens with zero attached hydrogens (tertiary/aromatic N) is 4. The molecular weight excluding hydrogens is 379 g/mol. The summed E-state index contributed by atoms with van der Waals surface area (Å²) in [6.45, 7) is 1.86. The van der Waals surface area contributed by atoms with Gasteiger partial charge in [-0.25, -0.2) is 4.39 Å². The lowest BCUT2D eigenvalue weighted by Gasteiger charge is -2.36. The third kappa shape index (κ3) is 2.94. The van der Waals surface area contributed by atoms with Crippen molar-refractivity contribution in [2.45, 2.75) is 0 Å². The van der Waals surface area contributed by atoms with Gasteiger partial charge in [0.15, 0.2) is 0 Å². The summed E-state index contributed by atoms with van der Waals surface area (Å²) in [5, 5.41) is 12.0. The Morgan fingerprint density at radius 3 is 2.61 bits per heavy atom. The topological polar surface area (TPSA) is 69.3 Å². The molecule has 4 rings (SSSR count). The van der Waals surface area contributed by atoms with Crippen LogP contribution >= 0.6 is 11.3 Å². The summed E-state index contributed by atoms with van der Waals surface area (Å²) >= 11 is 1.40. The predicted octanol–water partition coefficient (Wildman–Crippen LogP) is 2.57. The van der Waals surface area contributed by atoms with Gasteiger partial charge in [0.05, 0.1) is 16.1 Å². The van der Waals surface area contributed by atoms with Crippen LogP contribution in [0.2, 0.25) is 0 Å². The maximum atomic E-state index is 13.9. The maximum absolute atomic E-state index is 13.9. The summed E-state index contributed by atoms with van der Waals surface area (Å²) < 4.78 is 15.3. The summed E-state index contributed by atoms with van der Waals surface area (Å²) in [6.07, 6.45) is 0. The zero-order chi connectivity index (χ0) is 19.8. The number of thiophene rings is 1. The highest BCUT2D eigenvalue weighted by Gasteiger charge is 2.27. The van der Waals surface area contributed by atoms with E-state index in [2.05, 4.69) is 0 Å². The van der Waals surface area contributed by atoms with E-state index < -0.39 is 11.4 Å². The molecule has 0 atom stereocenters. The highest BCUT2D eigenvalue weighted by molar-refractivity contribution is 7.12. The van der Waals surface area contributed by atoms with Crippen molar-refractivity contribution in [3.8, 4) is 6.07 Å². The maximum Gasteiger partial charge on any atom is 0.270 e. The molecule has 6 nitrogen and oxygen atoms in total. The molecule has 8 heteroatoms. The van der Waals surface area contributed by atoms with E-state index in [9.17, 15) is 19.2 Å². The van der Waals surface area contributed by atoms with Gasteiger partial charge >= 0.3 is 0 Å². The molecule has 28 heavy (non-hydrogen) atoms. The second kappa shape index (κ2) is 7.09. The Bertz CT molecular complexity index is 1160. The standard InChI is InChI=1S/C20H17FN4O2S/c1-23-16-5-4-13(21)11-14(16)18(15(12-22)19(23)26)24-6-8-25(9-7-24)20(27)17-3-2-10-28-17/h2-5,10-11H,6-9H2,1H3. The first-order valence-corrected chi connectivity index (χ1v) is 9.69. The van der Waals surface area contributed by atoms with Crippen molar-refractivity contribution in [2.75, 3.05) is 31.1 Å². The molecule has 1 aromatic carbocycles. The van der Waals surface area contributed by atoms with Gasteiger partial charge in [-0.15, -0.1) is 11.3 Å². The van der Waals surface area contributed by atoms with E-state index in [0.717, 1.165) is 0 Å². The number of aryl methyl sites for hydroxylation is 1. The van der Waals surface area contributed by atoms with Crippen LogP contribution < -0.4 is 10.5 Å². The van der Waals surface area contributed by atoms with E-state index in [1.807, 2.05) is 22.4 Å². The zero-order valence-corrected chi connectivity index (χ0v) is 16.0. The Kier molecular flexibility index (Phi) is 4.61. The number of rotatable bonds is 2. The van der Waals surface area contributed by atoms with Gasteiger partial charge < -0.3 is 14.4 Å². The molecule has 0 spiro atoms. The third-order valence-corrected chi connectivity index (χ3v) is 5.92. The Morgan fingerprint density at radius 1 is 1.21 bits per heavy atom. The van der Waals surface area contributed by atoms with E-state index in [0.29, 0.717) is 47.6 Å². The van der Waals surface area contributed by atoms with Crippen molar-refractivity contribution in [3.63, 3.8) is 0 Å². The van der Waals surface area contributed by atoms with Crippen molar-refractivity contribution in [3.05, 3.63) is 62.3 Å². The number of fused-ring (bicyclic) bond motifs is 1. The zero-order valence-electron chi connectivity index (χ0n) is 15.2. The average Bonchev–Trinajstić information content (AvgIpc) is 3.25. The van der Waals surface area contributed by atoms with Gasteiger partial charge in [-0.05, 0) is 29.6 Å². The number of carbonyl (C=O) groups excluding carboxylic acids is 1. The summed E-state index contributed by atoms with van der Waals surface area (Å²) in [5.41, 5.74) is 0.605. The first-order chi connectivity index (χ1) is 13.5. The van der Waals surface area contributed by atoms with Crippen LogP contribution in [0.3, 0.4) is 0 Å². The van der Waals surface area contributed by atoms with Crippen molar-refractivity contribution < 1.29 is 9.18 Å². The number of benzene rings is 1. The molecule has 1 aliphatic heterocycles. The van der Waals surface area contributed by atoms with E-state index in [1.54, 1.807) is 24.1 Å². The first kappa shape index (κ1) is 18.2. The van der Waals surface area contributed by atoms with Crippen LogP contribution in [0.1, 0.15) is 15.2 Å². The molecule has 0 saturated carbocycles. The molecule has 2 aromatic heterocycles. The minimum absolute atomic E-state index is 0.00127. The Labute approximate surface area is 164 Å². The number of hydrogen-bond acceptors (Lipinski definition) is 5. The molecule has 1 amide bonds. The second-order valence-electron chi connectivity index (χ2n) is 6.62. The predicted molar refractivity (Wildman–Crippen MR) is 106 cm³/mol. The summed E-state index contributed by atoms with van der Waals surface area (Å²) in [5.74, 6) is -0.446. The van der Waals surface area contributed by atoms with E-state index in [4.69, 9.17) is 0 Å². The number of amides is 1. The quantitative estimate of drug-likeness (QED) is 0.668. The van der Waals surface area contributed by atoms with E-state index >= 15 is 0 Å². The number of carbonyl (C=O) groups is 1. The van der Waals surface area contributed by atoms with Gasteiger partial charge in [-0.2, -0.15) is 5.26 Å². The van der Waals surface area contributed by atoms with Crippen LogP contribution in [0, 0.1) is 17.1 Å². The van der Waals surface area contributed by atoms with Gasteiger partial charge in [-0.1, -0.05) is 6.07 Å². The average molecular weight is 396 g/mol. The Balaban J connectivity index is 1.71. The lowest BCUT2D eigenvalue weighted by atomic mass is 10.1. The van der Waals surface area contributed by atoms with Gasteiger partial charge in [0, 0.05) is 38.6 Å². The van der Waals surface area contributed by atoms with Crippen molar-refractivity contribution in [1.29, 1.82) is 5.26 Å². The Morgan fingerprint density at radius 2 is 1.96 bits per heavy atom. The van der Waals surface area contributed by atoms with Crippen LogP contribution in [-0.2, 0) is 7.05 Å². The number of anilines is 1. The van der Waals surface area contributed by atoms with Gasteiger partial charge in [0.2, 0.25) is 0 Å². The van der Waals surface area contributed by atoms with Crippen molar-refractivity contribution >= 4 is 33.8 Å². The fourth-order valence-electron chi connectivity index (χ4n) is 3.62. The molecule has 142 valence electrons. The number of nitriles is 1. The largest absolute Gasteiger partial charge is 0.366 e. The molecule has 3 heterocycles. The van der Waals surface area contributed by atoms with E-state index in [1.165, 1.54) is 28.0 Å². The molecular formula is C20H17FN4O2S.